The summed E-state index contributed by atoms with van der Waals surface area (Å²) in [5, 5.41) is 3.04. The highest BCUT2D eigenvalue weighted by atomic mass is 32.2. The SMILES string of the molecule is CCC(C)c1ccccc1NC(=O)C(C)N1CCN(S(=O)(=O)c2ccccc2F)CC1. The molecular weight excluding hydrogens is 417 g/mol. The van der Waals surface area contributed by atoms with Crippen LogP contribution in [0.4, 0.5) is 10.1 Å². The maximum Gasteiger partial charge on any atom is 0.246 e. The molecule has 0 spiro atoms. The lowest BCUT2D eigenvalue weighted by atomic mass is 9.97. The summed E-state index contributed by atoms with van der Waals surface area (Å²) in [6.45, 7) is 7.27. The number of piperazine rings is 1. The Morgan fingerprint density at radius 1 is 1.03 bits per heavy atom. The maximum atomic E-state index is 14.0. The molecule has 1 amide bonds. The van der Waals surface area contributed by atoms with E-state index in [-0.39, 0.29) is 23.9 Å². The summed E-state index contributed by atoms with van der Waals surface area (Å²) in [6, 6.07) is 12.8. The van der Waals surface area contributed by atoms with Crippen LogP contribution < -0.4 is 5.32 Å². The van der Waals surface area contributed by atoms with E-state index < -0.39 is 21.9 Å². The molecule has 0 saturated carbocycles. The second-order valence-electron chi connectivity index (χ2n) is 7.93. The number of nitrogens with zero attached hydrogens (tertiary/aromatic N) is 2. The van der Waals surface area contributed by atoms with Gasteiger partial charge in [-0.3, -0.25) is 9.69 Å². The highest BCUT2D eigenvalue weighted by Gasteiger charge is 2.33. The number of sulfonamides is 1. The van der Waals surface area contributed by atoms with E-state index in [4.69, 9.17) is 0 Å². The van der Waals surface area contributed by atoms with Crippen LogP contribution in [-0.4, -0.2) is 55.8 Å². The molecule has 1 aliphatic heterocycles. The van der Waals surface area contributed by atoms with Crippen LogP contribution in [0.5, 0.6) is 0 Å². The van der Waals surface area contributed by atoms with E-state index in [0.717, 1.165) is 23.7 Å². The highest BCUT2D eigenvalue weighted by molar-refractivity contribution is 7.89. The van der Waals surface area contributed by atoms with E-state index in [0.29, 0.717) is 19.0 Å². The Morgan fingerprint density at radius 2 is 1.65 bits per heavy atom. The van der Waals surface area contributed by atoms with E-state index in [1.165, 1.54) is 22.5 Å². The first kappa shape index (κ1) is 23.4. The topological polar surface area (TPSA) is 69.7 Å². The van der Waals surface area contributed by atoms with Crippen LogP contribution in [0.25, 0.3) is 0 Å². The van der Waals surface area contributed by atoms with Crippen molar-refractivity contribution in [2.45, 2.75) is 44.0 Å². The fourth-order valence-corrected chi connectivity index (χ4v) is 5.27. The smallest absolute Gasteiger partial charge is 0.246 e. The van der Waals surface area contributed by atoms with Crippen molar-refractivity contribution in [2.75, 3.05) is 31.5 Å². The fourth-order valence-electron chi connectivity index (χ4n) is 3.79. The largest absolute Gasteiger partial charge is 0.324 e. The molecule has 0 bridgehead atoms. The minimum atomic E-state index is -3.90. The number of amides is 1. The number of hydrogen-bond acceptors (Lipinski definition) is 4. The van der Waals surface area contributed by atoms with Gasteiger partial charge in [0.15, 0.2) is 0 Å². The molecule has 0 aliphatic carbocycles. The van der Waals surface area contributed by atoms with Gasteiger partial charge in [0.05, 0.1) is 6.04 Å². The predicted octanol–water partition coefficient (Wildman–Crippen LogP) is 3.67. The molecule has 8 heteroatoms. The zero-order chi connectivity index (χ0) is 22.6. The molecule has 1 fully saturated rings. The predicted molar refractivity (Wildman–Crippen MR) is 120 cm³/mol. The van der Waals surface area contributed by atoms with Crippen LogP contribution in [0.2, 0.25) is 0 Å². The van der Waals surface area contributed by atoms with Crippen molar-refractivity contribution in [1.82, 2.24) is 9.21 Å². The zero-order valence-corrected chi connectivity index (χ0v) is 19.0. The quantitative estimate of drug-likeness (QED) is 0.703. The minimum Gasteiger partial charge on any atom is -0.324 e. The standard InChI is InChI=1S/C23H30FN3O3S/c1-4-17(2)19-9-5-7-11-21(19)25-23(28)18(3)26-13-15-27(16-14-26)31(29,30)22-12-8-6-10-20(22)24/h5-12,17-18H,4,13-16H2,1-3H3,(H,25,28). The lowest BCUT2D eigenvalue weighted by Crippen LogP contribution is -2.54. The van der Waals surface area contributed by atoms with Crippen LogP contribution in [0.3, 0.4) is 0 Å². The molecule has 1 saturated heterocycles. The van der Waals surface area contributed by atoms with Crippen molar-refractivity contribution in [3.63, 3.8) is 0 Å². The number of carbonyl (C=O) groups is 1. The Balaban J connectivity index is 1.64. The van der Waals surface area contributed by atoms with E-state index in [1.807, 2.05) is 36.1 Å². The van der Waals surface area contributed by atoms with Crippen molar-refractivity contribution >= 4 is 21.6 Å². The van der Waals surface area contributed by atoms with Gasteiger partial charge in [0.25, 0.3) is 0 Å². The fraction of sp³-hybridized carbons (Fsp3) is 0.435. The summed E-state index contributed by atoms with van der Waals surface area (Å²) in [5.41, 5.74) is 1.92. The first-order valence-electron chi connectivity index (χ1n) is 10.6. The lowest BCUT2D eigenvalue weighted by Gasteiger charge is -2.36. The van der Waals surface area contributed by atoms with Gasteiger partial charge in [-0.2, -0.15) is 4.31 Å². The molecular formula is C23H30FN3O3S. The Bertz CT molecular complexity index is 1020. The van der Waals surface area contributed by atoms with Gasteiger partial charge < -0.3 is 5.32 Å². The first-order chi connectivity index (χ1) is 14.8. The molecule has 2 aromatic carbocycles. The van der Waals surface area contributed by atoms with Crippen LogP contribution in [0, 0.1) is 5.82 Å². The summed E-state index contributed by atoms with van der Waals surface area (Å²) >= 11 is 0. The zero-order valence-electron chi connectivity index (χ0n) is 18.2. The van der Waals surface area contributed by atoms with Gasteiger partial charge in [0, 0.05) is 31.9 Å². The van der Waals surface area contributed by atoms with Gasteiger partial charge in [-0.05, 0) is 43.0 Å². The van der Waals surface area contributed by atoms with Gasteiger partial charge in [-0.1, -0.05) is 44.2 Å². The number of hydrogen-bond donors (Lipinski definition) is 1. The van der Waals surface area contributed by atoms with Gasteiger partial charge in [0.2, 0.25) is 15.9 Å². The van der Waals surface area contributed by atoms with E-state index in [9.17, 15) is 17.6 Å². The Kier molecular flexibility index (Phi) is 7.46. The second kappa shape index (κ2) is 9.89. The number of benzene rings is 2. The molecule has 0 radical (unpaired) electrons. The maximum absolute atomic E-state index is 14.0. The summed E-state index contributed by atoms with van der Waals surface area (Å²) in [7, 11) is -3.90. The van der Waals surface area contributed by atoms with Gasteiger partial charge >= 0.3 is 0 Å². The van der Waals surface area contributed by atoms with E-state index in [2.05, 4.69) is 19.2 Å². The normalized spacial score (nSPS) is 17.8. The third-order valence-electron chi connectivity index (χ3n) is 6.02. The molecule has 1 heterocycles. The van der Waals surface area contributed by atoms with Gasteiger partial charge in [-0.25, -0.2) is 12.8 Å². The Hall–Kier alpha value is -2.29. The number of para-hydroxylation sites is 1. The second-order valence-corrected chi connectivity index (χ2v) is 9.84. The molecule has 2 aromatic rings. The number of rotatable bonds is 7. The van der Waals surface area contributed by atoms with Crippen LogP contribution in [0.15, 0.2) is 53.4 Å². The molecule has 0 aromatic heterocycles. The summed E-state index contributed by atoms with van der Waals surface area (Å²) < 4.78 is 40.8. The van der Waals surface area contributed by atoms with E-state index in [1.54, 1.807) is 0 Å². The Morgan fingerprint density at radius 3 is 2.29 bits per heavy atom. The monoisotopic (exact) mass is 447 g/mol. The van der Waals surface area contributed by atoms with Crippen molar-refractivity contribution in [3.8, 4) is 0 Å². The molecule has 168 valence electrons. The summed E-state index contributed by atoms with van der Waals surface area (Å²) in [4.78, 5) is 14.5. The van der Waals surface area contributed by atoms with Crippen molar-refractivity contribution < 1.29 is 17.6 Å². The molecule has 2 unspecified atom stereocenters. The van der Waals surface area contributed by atoms with Crippen LogP contribution in [-0.2, 0) is 14.8 Å². The molecule has 2 atom stereocenters. The highest BCUT2D eigenvalue weighted by Crippen LogP contribution is 2.27. The van der Waals surface area contributed by atoms with Crippen LogP contribution in [0.1, 0.15) is 38.7 Å². The third-order valence-corrected chi connectivity index (χ3v) is 7.95. The molecule has 6 nitrogen and oxygen atoms in total. The summed E-state index contributed by atoms with van der Waals surface area (Å²) in [6.07, 6.45) is 0.973. The molecule has 3 rings (SSSR count). The number of nitrogens with one attached hydrogen (secondary N) is 1. The molecule has 1 aliphatic rings. The Labute approximate surface area is 184 Å². The number of carbonyl (C=O) groups excluding carboxylic acids is 1. The minimum absolute atomic E-state index is 0.124. The average Bonchev–Trinajstić information content (AvgIpc) is 2.78. The number of anilines is 1. The van der Waals surface area contributed by atoms with Gasteiger partial charge in [0.1, 0.15) is 10.7 Å². The average molecular weight is 448 g/mol. The lowest BCUT2D eigenvalue weighted by molar-refractivity contribution is -0.121. The first-order valence-corrected chi connectivity index (χ1v) is 12.1. The summed E-state index contributed by atoms with van der Waals surface area (Å²) in [5.74, 6) is -0.544. The van der Waals surface area contributed by atoms with E-state index >= 15 is 0 Å². The van der Waals surface area contributed by atoms with Crippen molar-refractivity contribution in [1.29, 1.82) is 0 Å². The molecule has 1 N–H and O–H groups in total. The third kappa shape index (κ3) is 5.14. The number of halogens is 1. The van der Waals surface area contributed by atoms with Crippen molar-refractivity contribution in [3.05, 3.63) is 59.9 Å². The molecule has 31 heavy (non-hydrogen) atoms. The van der Waals surface area contributed by atoms with Gasteiger partial charge in [-0.15, -0.1) is 0 Å². The van der Waals surface area contributed by atoms with Crippen molar-refractivity contribution in [2.24, 2.45) is 0 Å². The van der Waals surface area contributed by atoms with Crippen LogP contribution >= 0.6 is 0 Å².